The molecule has 2 N–H and O–H groups in total. The Bertz CT molecular complexity index is 586. The molecule has 0 aliphatic carbocycles. The van der Waals surface area contributed by atoms with Crippen molar-refractivity contribution in [2.75, 3.05) is 13.2 Å². The van der Waals surface area contributed by atoms with Crippen LogP contribution in [0.15, 0.2) is 16.6 Å². The molecule has 6 nitrogen and oxygen atoms in total. The highest BCUT2D eigenvalue weighted by atomic mass is 79.9. The number of ether oxygens (including phenoxy) is 2. The van der Waals surface area contributed by atoms with Gasteiger partial charge in [0, 0.05) is 4.47 Å². The number of aliphatic carboxylic acids is 1. The first-order valence-corrected chi connectivity index (χ1v) is 8.13. The summed E-state index contributed by atoms with van der Waals surface area (Å²) in [4.78, 5) is 23.2. The summed E-state index contributed by atoms with van der Waals surface area (Å²) in [5.74, 6) is -0.328. The Morgan fingerprint density at radius 1 is 1.17 bits per heavy atom. The second kappa shape index (κ2) is 8.19. The number of carbonyl (C=O) groups excluding carboxylic acids is 1. The maximum Gasteiger partial charge on any atom is 0.328 e. The van der Waals surface area contributed by atoms with Crippen LogP contribution in [0.5, 0.6) is 11.5 Å². The van der Waals surface area contributed by atoms with Gasteiger partial charge in [0.1, 0.15) is 5.54 Å². The smallest absolute Gasteiger partial charge is 0.328 e. The third-order valence-electron chi connectivity index (χ3n) is 3.05. The molecule has 1 aromatic carbocycles. The quantitative estimate of drug-likeness (QED) is 0.716. The molecule has 0 saturated carbocycles. The van der Waals surface area contributed by atoms with Gasteiger partial charge in [0.2, 0.25) is 5.91 Å². The van der Waals surface area contributed by atoms with Gasteiger partial charge in [-0.2, -0.15) is 0 Å². The van der Waals surface area contributed by atoms with Crippen LogP contribution in [0.1, 0.15) is 33.3 Å². The van der Waals surface area contributed by atoms with Crippen LogP contribution in [0.2, 0.25) is 0 Å². The zero-order chi connectivity index (χ0) is 17.6. The van der Waals surface area contributed by atoms with E-state index < -0.39 is 11.5 Å². The van der Waals surface area contributed by atoms with Gasteiger partial charge in [-0.1, -0.05) is 15.9 Å². The van der Waals surface area contributed by atoms with E-state index in [0.29, 0.717) is 34.7 Å². The number of carboxylic acid groups (broad SMARTS) is 1. The molecule has 128 valence electrons. The third kappa shape index (κ3) is 5.42. The van der Waals surface area contributed by atoms with Gasteiger partial charge >= 0.3 is 5.97 Å². The lowest BCUT2D eigenvalue weighted by atomic mass is 10.0. The van der Waals surface area contributed by atoms with Gasteiger partial charge in [0.15, 0.2) is 11.5 Å². The highest BCUT2D eigenvalue weighted by molar-refractivity contribution is 9.10. The monoisotopic (exact) mass is 387 g/mol. The molecule has 0 aliphatic heterocycles. The fourth-order valence-electron chi connectivity index (χ4n) is 1.87. The number of halogens is 1. The van der Waals surface area contributed by atoms with Gasteiger partial charge in [-0.05, 0) is 45.4 Å². The van der Waals surface area contributed by atoms with E-state index in [1.165, 1.54) is 13.8 Å². The lowest BCUT2D eigenvalue weighted by Gasteiger charge is -2.21. The summed E-state index contributed by atoms with van der Waals surface area (Å²) in [6.45, 7) is 7.58. The van der Waals surface area contributed by atoms with Crippen molar-refractivity contribution >= 4 is 27.8 Å². The van der Waals surface area contributed by atoms with E-state index >= 15 is 0 Å². The van der Waals surface area contributed by atoms with Gasteiger partial charge in [-0.15, -0.1) is 0 Å². The first-order chi connectivity index (χ1) is 10.7. The van der Waals surface area contributed by atoms with Crippen molar-refractivity contribution in [1.29, 1.82) is 0 Å². The molecular weight excluding hydrogens is 366 g/mol. The van der Waals surface area contributed by atoms with Crippen molar-refractivity contribution in [1.82, 2.24) is 5.32 Å². The van der Waals surface area contributed by atoms with E-state index in [1.807, 2.05) is 13.8 Å². The fraction of sp³-hybridized carbons (Fsp3) is 0.500. The maximum absolute atomic E-state index is 12.1. The summed E-state index contributed by atoms with van der Waals surface area (Å²) in [5, 5.41) is 11.6. The van der Waals surface area contributed by atoms with Gasteiger partial charge in [-0.3, -0.25) is 4.79 Å². The molecular formula is C16H22BrNO5. The van der Waals surface area contributed by atoms with E-state index in [0.717, 1.165) is 0 Å². The van der Waals surface area contributed by atoms with Gasteiger partial charge in [-0.25, -0.2) is 4.79 Å². The van der Waals surface area contributed by atoms with Crippen LogP contribution < -0.4 is 14.8 Å². The largest absolute Gasteiger partial charge is 0.490 e. The minimum atomic E-state index is -1.32. The standard InChI is InChI=1S/C16H22BrNO5/c1-5-22-12-7-10(11(17)9-13(12)23-6-2)8-14(19)18-16(3,4)15(20)21/h7,9H,5-6,8H2,1-4H3,(H,18,19)(H,20,21). The molecule has 1 amide bonds. The van der Waals surface area contributed by atoms with Crippen LogP contribution in [0, 0.1) is 0 Å². The van der Waals surface area contributed by atoms with Gasteiger partial charge in [0.05, 0.1) is 19.6 Å². The zero-order valence-electron chi connectivity index (χ0n) is 13.7. The van der Waals surface area contributed by atoms with E-state index in [-0.39, 0.29) is 12.3 Å². The minimum absolute atomic E-state index is 0.0315. The Morgan fingerprint density at radius 2 is 1.70 bits per heavy atom. The average molecular weight is 388 g/mol. The molecule has 7 heteroatoms. The van der Waals surface area contributed by atoms with E-state index in [4.69, 9.17) is 14.6 Å². The molecule has 0 aliphatic rings. The lowest BCUT2D eigenvalue weighted by Crippen LogP contribution is -2.50. The second-order valence-corrected chi connectivity index (χ2v) is 6.27. The molecule has 0 atom stereocenters. The van der Waals surface area contributed by atoms with Crippen molar-refractivity contribution in [2.24, 2.45) is 0 Å². The number of nitrogens with one attached hydrogen (secondary N) is 1. The number of benzene rings is 1. The first kappa shape index (κ1) is 19.3. The number of carbonyl (C=O) groups is 2. The Balaban J connectivity index is 2.97. The predicted octanol–water partition coefficient (Wildman–Crippen LogP) is 2.77. The topological polar surface area (TPSA) is 84.9 Å². The van der Waals surface area contributed by atoms with Crippen LogP contribution in [0.25, 0.3) is 0 Å². The van der Waals surface area contributed by atoms with Crippen molar-refractivity contribution in [2.45, 2.75) is 39.7 Å². The van der Waals surface area contributed by atoms with Crippen molar-refractivity contribution in [3.8, 4) is 11.5 Å². The highest BCUT2D eigenvalue weighted by Crippen LogP contribution is 2.34. The maximum atomic E-state index is 12.1. The van der Waals surface area contributed by atoms with Gasteiger partial charge in [0.25, 0.3) is 0 Å². The first-order valence-electron chi connectivity index (χ1n) is 7.33. The molecule has 1 rings (SSSR count). The normalized spacial score (nSPS) is 11.0. The Morgan fingerprint density at radius 3 is 2.17 bits per heavy atom. The summed E-state index contributed by atoms with van der Waals surface area (Å²) in [7, 11) is 0. The predicted molar refractivity (Wildman–Crippen MR) is 90.0 cm³/mol. The molecule has 0 spiro atoms. The Kier molecular flexibility index (Phi) is 6.87. The number of rotatable bonds is 8. The average Bonchev–Trinajstić information content (AvgIpc) is 2.43. The number of amides is 1. The molecule has 1 aromatic rings. The molecule has 0 aromatic heterocycles. The van der Waals surface area contributed by atoms with Crippen LogP contribution in [-0.2, 0) is 16.0 Å². The summed E-state index contributed by atoms with van der Waals surface area (Å²) in [5.41, 5.74) is -0.631. The molecule has 0 saturated heterocycles. The summed E-state index contributed by atoms with van der Waals surface area (Å²) >= 11 is 3.41. The number of hydrogen-bond donors (Lipinski definition) is 2. The summed E-state index contributed by atoms with van der Waals surface area (Å²) in [6, 6.07) is 3.48. The molecule has 0 unspecified atom stereocenters. The Labute approximate surface area is 144 Å². The number of hydrogen-bond acceptors (Lipinski definition) is 4. The molecule has 0 heterocycles. The second-order valence-electron chi connectivity index (χ2n) is 5.41. The van der Waals surface area contributed by atoms with Crippen molar-refractivity contribution in [3.05, 3.63) is 22.2 Å². The van der Waals surface area contributed by atoms with E-state index in [2.05, 4.69) is 21.2 Å². The van der Waals surface area contributed by atoms with Crippen molar-refractivity contribution in [3.63, 3.8) is 0 Å². The van der Waals surface area contributed by atoms with Crippen molar-refractivity contribution < 1.29 is 24.2 Å². The van der Waals surface area contributed by atoms with Crippen LogP contribution in [-0.4, -0.2) is 35.7 Å². The minimum Gasteiger partial charge on any atom is -0.490 e. The molecule has 0 fully saturated rings. The molecule has 0 radical (unpaired) electrons. The summed E-state index contributed by atoms with van der Waals surface area (Å²) in [6.07, 6.45) is 0.0315. The highest BCUT2D eigenvalue weighted by Gasteiger charge is 2.29. The van der Waals surface area contributed by atoms with Crippen LogP contribution in [0.3, 0.4) is 0 Å². The molecule has 23 heavy (non-hydrogen) atoms. The number of carboxylic acids is 1. The Hall–Kier alpha value is -1.76. The van der Waals surface area contributed by atoms with E-state index in [1.54, 1.807) is 12.1 Å². The molecule has 0 bridgehead atoms. The SMILES string of the molecule is CCOc1cc(Br)c(CC(=O)NC(C)(C)C(=O)O)cc1OCC. The van der Waals surface area contributed by atoms with Gasteiger partial charge < -0.3 is 19.9 Å². The fourth-order valence-corrected chi connectivity index (χ4v) is 2.33. The lowest BCUT2D eigenvalue weighted by molar-refractivity contribution is -0.145. The van der Waals surface area contributed by atoms with Crippen LogP contribution >= 0.6 is 15.9 Å². The van der Waals surface area contributed by atoms with E-state index in [9.17, 15) is 9.59 Å². The summed E-state index contributed by atoms with van der Waals surface area (Å²) < 4.78 is 11.7. The van der Waals surface area contributed by atoms with Crippen LogP contribution in [0.4, 0.5) is 0 Å². The zero-order valence-corrected chi connectivity index (χ0v) is 15.3. The third-order valence-corrected chi connectivity index (χ3v) is 3.79.